The minimum Gasteiger partial charge on any atom is -0.314 e. The van der Waals surface area contributed by atoms with Gasteiger partial charge in [0.1, 0.15) is 0 Å². The van der Waals surface area contributed by atoms with Gasteiger partial charge in [0, 0.05) is 6.04 Å². The molecule has 1 saturated carbocycles. The van der Waals surface area contributed by atoms with Gasteiger partial charge in [-0.25, -0.2) is 0 Å². The van der Waals surface area contributed by atoms with Gasteiger partial charge in [0.25, 0.3) is 0 Å². The molecule has 0 aromatic rings. The van der Waals surface area contributed by atoms with Gasteiger partial charge < -0.3 is 5.32 Å². The number of thioether (sulfide) groups is 1. The van der Waals surface area contributed by atoms with Crippen LogP contribution in [0.25, 0.3) is 0 Å². The lowest BCUT2D eigenvalue weighted by molar-refractivity contribution is 0.281. The Balaban J connectivity index is 2.11. The summed E-state index contributed by atoms with van der Waals surface area (Å²) < 4.78 is 0. The summed E-state index contributed by atoms with van der Waals surface area (Å²) in [6.45, 7) is 5.73. The Labute approximate surface area is 99.8 Å². The topological polar surface area (TPSA) is 12.0 Å². The van der Waals surface area contributed by atoms with E-state index in [-0.39, 0.29) is 0 Å². The summed E-state index contributed by atoms with van der Waals surface area (Å²) in [6.07, 6.45) is 8.49. The van der Waals surface area contributed by atoms with Crippen molar-refractivity contribution in [2.24, 2.45) is 5.92 Å². The normalized spacial score (nSPS) is 26.8. The average Bonchev–Trinajstić information content (AvgIpc) is 2.27. The van der Waals surface area contributed by atoms with Gasteiger partial charge in [-0.2, -0.15) is 11.8 Å². The summed E-state index contributed by atoms with van der Waals surface area (Å²) in [5.74, 6) is 3.67. The molecule has 2 heteroatoms. The first-order valence-corrected chi connectivity index (χ1v) is 7.83. The van der Waals surface area contributed by atoms with Gasteiger partial charge in [-0.1, -0.05) is 26.7 Å². The standard InChI is InChI=1S/C13H27NS/c1-3-9-14-13-7-5-6-12(11-13)8-10-15-4-2/h12-14H,3-11H2,1-2H3. The maximum atomic E-state index is 3.68. The molecule has 0 aromatic heterocycles. The van der Waals surface area contributed by atoms with Gasteiger partial charge >= 0.3 is 0 Å². The Hall–Kier alpha value is 0.310. The van der Waals surface area contributed by atoms with Crippen LogP contribution in [0.4, 0.5) is 0 Å². The van der Waals surface area contributed by atoms with E-state index in [1.807, 2.05) is 0 Å². The van der Waals surface area contributed by atoms with Crippen LogP contribution in [-0.2, 0) is 0 Å². The van der Waals surface area contributed by atoms with Gasteiger partial charge in [0.15, 0.2) is 0 Å². The van der Waals surface area contributed by atoms with Crippen molar-refractivity contribution in [1.82, 2.24) is 5.32 Å². The third-order valence-electron chi connectivity index (χ3n) is 3.34. The molecule has 0 radical (unpaired) electrons. The predicted molar refractivity (Wildman–Crippen MR) is 71.7 cm³/mol. The fourth-order valence-corrected chi connectivity index (χ4v) is 3.27. The molecule has 2 unspecified atom stereocenters. The highest BCUT2D eigenvalue weighted by molar-refractivity contribution is 7.99. The molecule has 90 valence electrons. The number of hydrogen-bond donors (Lipinski definition) is 1. The summed E-state index contributed by atoms with van der Waals surface area (Å²) in [6, 6.07) is 0.829. The number of nitrogens with one attached hydrogen (secondary N) is 1. The highest BCUT2D eigenvalue weighted by Gasteiger charge is 2.20. The zero-order valence-electron chi connectivity index (χ0n) is 10.4. The molecule has 1 aliphatic carbocycles. The summed E-state index contributed by atoms with van der Waals surface area (Å²) in [7, 11) is 0. The molecule has 1 nitrogen and oxygen atoms in total. The molecule has 1 N–H and O–H groups in total. The van der Waals surface area contributed by atoms with Crippen molar-refractivity contribution in [3.8, 4) is 0 Å². The van der Waals surface area contributed by atoms with Crippen molar-refractivity contribution in [2.45, 2.75) is 58.4 Å². The summed E-state index contributed by atoms with van der Waals surface area (Å²) >= 11 is 2.10. The van der Waals surface area contributed by atoms with Gasteiger partial charge in [0.2, 0.25) is 0 Å². The lowest BCUT2D eigenvalue weighted by Gasteiger charge is -2.29. The molecule has 0 spiro atoms. The molecule has 0 amide bonds. The largest absolute Gasteiger partial charge is 0.314 e. The van der Waals surface area contributed by atoms with Crippen LogP contribution in [0.2, 0.25) is 0 Å². The van der Waals surface area contributed by atoms with Crippen molar-refractivity contribution >= 4 is 11.8 Å². The Morgan fingerprint density at radius 2 is 2.13 bits per heavy atom. The molecule has 0 aliphatic heterocycles. The zero-order chi connectivity index (χ0) is 10.9. The molecule has 0 heterocycles. The molecule has 0 aromatic carbocycles. The van der Waals surface area contributed by atoms with Crippen LogP contribution in [-0.4, -0.2) is 24.1 Å². The van der Waals surface area contributed by atoms with Gasteiger partial charge in [-0.15, -0.1) is 0 Å². The SMILES string of the molecule is CCCNC1CCCC(CCSCC)C1. The average molecular weight is 229 g/mol. The van der Waals surface area contributed by atoms with Crippen molar-refractivity contribution in [3.05, 3.63) is 0 Å². The maximum Gasteiger partial charge on any atom is 0.00697 e. The van der Waals surface area contributed by atoms with Gasteiger partial charge in [-0.3, -0.25) is 0 Å². The van der Waals surface area contributed by atoms with Crippen LogP contribution in [0.15, 0.2) is 0 Å². The van der Waals surface area contributed by atoms with Crippen molar-refractivity contribution in [1.29, 1.82) is 0 Å². The molecule has 1 rings (SSSR count). The second kappa shape index (κ2) is 8.46. The van der Waals surface area contributed by atoms with E-state index in [9.17, 15) is 0 Å². The molecule has 1 fully saturated rings. The van der Waals surface area contributed by atoms with E-state index in [1.54, 1.807) is 0 Å². The first kappa shape index (κ1) is 13.4. The lowest BCUT2D eigenvalue weighted by atomic mass is 9.84. The maximum absolute atomic E-state index is 3.68. The first-order chi connectivity index (χ1) is 7.36. The Bertz CT molecular complexity index is 149. The van der Waals surface area contributed by atoms with E-state index in [1.165, 1.54) is 56.6 Å². The highest BCUT2D eigenvalue weighted by atomic mass is 32.2. The van der Waals surface area contributed by atoms with Crippen LogP contribution in [0.5, 0.6) is 0 Å². The van der Waals surface area contributed by atoms with Crippen LogP contribution in [0.1, 0.15) is 52.4 Å². The van der Waals surface area contributed by atoms with Crippen LogP contribution < -0.4 is 5.32 Å². The van der Waals surface area contributed by atoms with Crippen molar-refractivity contribution < 1.29 is 0 Å². The van der Waals surface area contributed by atoms with Crippen molar-refractivity contribution in [3.63, 3.8) is 0 Å². The summed E-state index contributed by atoms with van der Waals surface area (Å²) in [5.41, 5.74) is 0. The predicted octanol–water partition coefficient (Wildman–Crippen LogP) is 3.69. The third-order valence-corrected chi connectivity index (χ3v) is 4.27. The fourth-order valence-electron chi connectivity index (χ4n) is 2.48. The number of hydrogen-bond acceptors (Lipinski definition) is 2. The van der Waals surface area contributed by atoms with Gasteiger partial charge in [-0.05, 0) is 49.7 Å². The quantitative estimate of drug-likeness (QED) is 0.668. The monoisotopic (exact) mass is 229 g/mol. The highest BCUT2D eigenvalue weighted by Crippen LogP contribution is 2.27. The Morgan fingerprint density at radius 3 is 2.87 bits per heavy atom. The Kier molecular flexibility index (Phi) is 7.54. The number of rotatable bonds is 7. The summed E-state index contributed by atoms with van der Waals surface area (Å²) in [4.78, 5) is 0. The lowest BCUT2D eigenvalue weighted by Crippen LogP contribution is -2.34. The van der Waals surface area contributed by atoms with Crippen LogP contribution in [0.3, 0.4) is 0 Å². The van der Waals surface area contributed by atoms with Crippen LogP contribution >= 0.6 is 11.8 Å². The molecular weight excluding hydrogens is 202 g/mol. The minimum atomic E-state index is 0.829. The zero-order valence-corrected chi connectivity index (χ0v) is 11.2. The molecule has 2 atom stereocenters. The first-order valence-electron chi connectivity index (χ1n) is 6.68. The van der Waals surface area contributed by atoms with E-state index < -0.39 is 0 Å². The molecule has 0 bridgehead atoms. The molecule has 1 aliphatic rings. The summed E-state index contributed by atoms with van der Waals surface area (Å²) in [5, 5.41) is 3.68. The fraction of sp³-hybridized carbons (Fsp3) is 1.00. The third kappa shape index (κ3) is 5.82. The van der Waals surface area contributed by atoms with E-state index in [2.05, 4.69) is 30.9 Å². The Morgan fingerprint density at radius 1 is 1.27 bits per heavy atom. The van der Waals surface area contributed by atoms with E-state index in [0.29, 0.717) is 0 Å². The second-order valence-corrected chi connectivity index (χ2v) is 6.06. The second-order valence-electron chi connectivity index (χ2n) is 4.67. The van der Waals surface area contributed by atoms with Crippen molar-refractivity contribution in [2.75, 3.05) is 18.1 Å². The van der Waals surface area contributed by atoms with E-state index >= 15 is 0 Å². The van der Waals surface area contributed by atoms with E-state index in [4.69, 9.17) is 0 Å². The minimum absolute atomic E-state index is 0.829. The van der Waals surface area contributed by atoms with E-state index in [0.717, 1.165) is 12.0 Å². The van der Waals surface area contributed by atoms with Gasteiger partial charge in [0.05, 0.1) is 0 Å². The molecule has 0 saturated heterocycles. The smallest absolute Gasteiger partial charge is 0.00697 e. The van der Waals surface area contributed by atoms with Crippen LogP contribution in [0, 0.1) is 5.92 Å². The molecular formula is C13H27NS. The molecule has 15 heavy (non-hydrogen) atoms.